The number of benzene rings is 2. The largest absolute Gasteiger partial charge is 0.488 e. The van der Waals surface area contributed by atoms with Crippen molar-refractivity contribution in [2.75, 3.05) is 0 Å². The normalized spacial score (nSPS) is 10.6. The van der Waals surface area contributed by atoms with Crippen molar-refractivity contribution in [3.05, 3.63) is 71.3 Å². The lowest BCUT2D eigenvalue weighted by atomic mass is 10.1. The Morgan fingerprint density at radius 3 is 2.39 bits per heavy atom. The molecule has 0 aromatic heterocycles. The van der Waals surface area contributed by atoms with Crippen molar-refractivity contribution >= 4 is 18.0 Å². The zero-order valence-electron chi connectivity index (χ0n) is 12.3. The van der Waals surface area contributed by atoms with E-state index in [-0.39, 0.29) is 6.42 Å². The third kappa shape index (κ3) is 5.32. The summed E-state index contributed by atoms with van der Waals surface area (Å²) < 4.78 is 5.72. The van der Waals surface area contributed by atoms with Gasteiger partial charge >= 0.3 is 11.9 Å². The molecule has 0 amide bonds. The van der Waals surface area contributed by atoms with Gasteiger partial charge in [0.2, 0.25) is 0 Å². The quantitative estimate of drug-likeness (QED) is 0.768. The first-order valence-corrected chi connectivity index (χ1v) is 6.97. The molecule has 0 heterocycles. The van der Waals surface area contributed by atoms with Gasteiger partial charge in [-0.15, -0.1) is 0 Å². The third-order valence-electron chi connectivity index (χ3n) is 3.07. The smallest absolute Gasteiger partial charge is 0.328 e. The highest BCUT2D eigenvalue weighted by Crippen LogP contribution is 2.23. The minimum absolute atomic E-state index is 0.132. The van der Waals surface area contributed by atoms with Crippen LogP contribution in [-0.4, -0.2) is 22.2 Å². The Morgan fingerprint density at radius 2 is 1.74 bits per heavy atom. The topological polar surface area (TPSA) is 83.8 Å². The maximum Gasteiger partial charge on any atom is 0.328 e. The van der Waals surface area contributed by atoms with Gasteiger partial charge in [-0.25, -0.2) is 4.79 Å². The fraction of sp³-hybridized carbons (Fsp3) is 0.111. The molecule has 0 saturated heterocycles. The Morgan fingerprint density at radius 1 is 1.00 bits per heavy atom. The van der Waals surface area contributed by atoms with Crippen molar-refractivity contribution < 1.29 is 24.5 Å². The zero-order valence-corrected chi connectivity index (χ0v) is 12.3. The average Bonchev–Trinajstić information content (AvgIpc) is 2.52. The summed E-state index contributed by atoms with van der Waals surface area (Å²) in [5, 5.41) is 17.6. The van der Waals surface area contributed by atoms with Crippen LogP contribution in [0.1, 0.15) is 16.7 Å². The molecule has 0 unspecified atom stereocenters. The van der Waals surface area contributed by atoms with Gasteiger partial charge in [-0.3, -0.25) is 4.79 Å². The summed E-state index contributed by atoms with van der Waals surface area (Å²) in [6.07, 6.45) is 2.26. The molecule has 2 rings (SSSR count). The minimum Gasteiger partial charge on any atom is -0.488 e. The standard InChI is InChI=1S/C18H16O5/c19-17(20)9-7-15-10-14(11-18(21)22)6-8-16(15)23-12-13-4-2-1-3-5-13/h1-10H,11-12H2,(H,19,20)(H,21,22)/b9-7-. The van der Waals surface area contributed by atoms with Crippen LogP contribution in [0.5, 0.6) is 5.75 Å². The van der Waals surface area contributed by atoms with E-state index in [1.807, 2.05) is 30.3 Å². The molecule has 2 aromatic carbocycles. The maximum atomic E-state index is 10.8. The first-order valence-electron chi connectivity index (χ1n) is 6.97. The molecule has 0 aliphatic rings. The molecule has 5 nitrogen and oxygen atoms in total. The van der Waals surface area contributed by atoms with Gasteiger partial charge in [-0.05, 0) is 29.3 Å². The lowest BCUT2D eigenvalue weighted by Crippen LogP contribution is -2.02. The predicted octanol–water partition coefficient (Wildman–Crippen LogP) is 2.99. The first kappa shape index (κ1) is 16.3. The maximum absolute atomic E-state index is 10.8. The van der Waals surface area contributed by atoms with Crippen LogP contribution in [0, 0.1) is 0 Å². The van der Waals surface area contributed by atoms with Gasteiger partial charge in [-0.1, -0.05) is 36.4 Å². The van der Waals surface area contributed by atoms with Crippen molar-refractivity contribution in [3.63, 3.8) is 0 Å². The summed E-state index contributed by atoms with van der Waals surface area (Å²) >= 11 is 0. The molecule has 0 bridgehead atoms. The summed E-state index contributed by atoms with van der Waals surface area (Å²) in [7, 11) is 0. The SMILES string of the molecule is O=C(O)/C=C\c1cc(CC(=O)O)ccc1OCc1ccccc1. The Labute approximate surface area is 133 Å². The molecular weight excluding hydrogens is 296 g/mol. The van der Waals surface area contributed by atoms with E-state index in [4.69, 9.17) is 14.9 Å². The van der Waals surface area contributed by atoms with E-state index in [0.717, 1.165) is 11.6 Å². The highest BCUT2D eigenvalue weighted by molar-refractivity contribution is 5.86. The summed E-state index contributed by atoms with van der Waals surface area (Å²) in [5.74, 6) is -1.53. The van der Waals surface area contributed by atoms with Gasteiger partial charge < -0.3 is 14.9 Å². The van der Waals surface area contributed by atoms with E-state index < -0.39 is 11.9 Å². The number of carboxylic acids is 2. The molecule has 23 heavy (non-hydrogen) atoms. The third-order valence-corrected chi connectivity index (χ3v) is 3.07. The molecule has 0 saturated carbocycles. The summed E-state index contributed by atoms with van der Waals surface area (Å²) in [6, 6.07) is 14.5. The van der Waals surface area contributed by atoms with E-state index in [1.165, 1.54) is 6.08 Å². The van der Waals surface area contributed by atoms with Gasteiger partial charge in [0.15, 0.2) is 0 Å². The number of ether oxygens (including phenoxy) is 1. The number of aliphatic carboxylic acids is 2. The van der Waals surface area contributed by atoms with E-state index in [9.17, 15) is 9.59 Å². The second-order valence-electron chi connectivity index (χ2n) is 4.89. The fourth-order valence-electron chi connectivity index (χ4n) is 2.04. The van der Waals surface area contributed by atoms with Crippen LogP contribution < -0.4 is 4.74 Å². The Hall–Kier alpha value is -3.08. The molecule has 5 heteroatoms. The van der Waals surface area contributed by atoms with Crippen molar-refractivity contribution in [2.45, 2.75) is 13.0 Å². The molecule has 0 aliphatic carbocycles. The van der Waals surface area contributed by atoms with Crippen molar-refractivity contribution in [2.24, 2.45) is 0 Å². The number of hydrogen-bond acceptors (Lipinski definition) is 3. The molecule has 0 atom stereocenters. The van der Waals surface area contributed by atoms with E-state index in [1.54, 1.807) is 18.2 Å². The van der Waals surface area contributed by atoms with E-state index in [2.05, 4.69) is 0 Å². The summed E-state index contributed by atoms with van der Waals surface area (Å²) in [4.78, 5) is 21.5. The molecule has 2 N–H and O–H groups in total. The van der Waals surface area contributed by atoms with Crippen LogP contribution in [0.2, 0.25) is 0 Å². The number of hydrogen-bond donors (Lipinski definition) is 2. The molecule has 0 aliphatic heterocycles. The average molecular weight is 312 g/mol. The van der Waals surface area contributed by atoms with Gasteiger partial charge in [-0.2, -0.15) is 0 Å². The van der Waals surface area contributed by atoms with Crippen LogP contribution in [-0.2, 0) is 22.6 Å². The lowest BCUT2D eigenvalue weighted by Gasteiger charge is -2.11. The van der Waals surface area contributed by atoms with Crippen LogP contribution in [0.4, 0.5) is 0 Å². The highest BCUT2D eigenvalue weighted by Gasteiger charge is 2.07. The Balaban J connectivity index is 2.22. The molecule has 0 radical (unpaired) electrons. The predicted molar refractivity (Wildman–Crippen MR) is 85.2 cm³/mol. The van der Waals surface area contributed by atoms with E-state index in [0.29, 0.717) is 23.5 Å². The number of carboxylic acid groups (broad SMARTS) is 2. The zero-order chi connectivity index (χ0) is 16.7. The molecular formula is C18H16O5. The van der Waals surface area contributed by atoms with Gasteiger partial charge in [0.25, 0.3) is 0 Å². The van der Waals surface area contributed by atoms with Crippen LogP contribution in [0.3, 0.4) is 0 Å². The van der Waals surface area contributed by atoms with Crippen molar-refractivity contribution in [3.8, 4) is 5.75 Å². The van der Waals surface area contributed by atoms with Gasteiger partial charge in [0, 0.05) is 11.6 Å². The first-order chi connectivity index (χ1) is 11.0. The van der Waals surface area contributed by atoms with Gasteiger partial charge in [0.1, 0.15) is 12.4 Å². The van der Waals surface area contributed by atoms with Crippen LogP contribution in [0.15, 0.2) is 54.6 Å². The Kier molecular flexibility index (Phi) is 5.52. The van der Waals surface area contributed by atoms with Gasteiger partial charge in [0.05, 0.1) is 6.42 Å². The molecule has 118 valence electrons. The van der Waals surface area contributed by atoms with E-state index >= 15 is 0 Å². The fourth-order valence-corrected chi connectivity index (χ4v) is 2.04. The number of rotatable bonds is 7. The number of carbonyl (C=O) groups is 2. The molecule has 0 spiro atoms. The molecule has 2 aromatic rings. The second-order valence-corrected chi connectivity index (χ2v) is 4.89. The second kappa shape index (κ2) is 7.79. The highest BCUT2D eigenvalue weighted by atomic mass is 16.5. The van der Waals surface area contributed by atoms with Crippen LogP contribution >= 0.6 is 0 Å². The van der Waals surface area contributed by atoms with Crippen molar-refractivity contribution in [1.82, 2.24) is 0 Å². The lowest BCUT2D eigenvalue weighted by molar-refractivity contribution is -0.136. The van der Waals surface area contributed by atoms with Crippen LogP contribution in [0.25, 0.3) is 6.08 Å². The summed E-state index contributed by atoms with van der Waals surface area (Å²) in [6.45, 7) is 0.340. The van der Waals surface area contributed by atoms with Crippen molar-refractivity contribution in [1.29, 1.82) is 0 Å². The monoisotopic (exact) mass is 312 g/mol. The minimum atomic E-state index is -1.08. The molecule has 0 fully saturated rings. The summed E-state index contributed by atoms with van der Waals surface area (Å²) in [5.41, 5.74) is 2.09. The Bertz CT molecular complexity index is 719.